The molecule has 128 valence electrons. The first-order chi connectivity index (χ1) is 11.6. The Morgan fingerprint density at radius 2 is 1.71 bits per heavy atom. The molecule has 0 unspecified atom stereocenters. The second-order valence-corrected chi connectivity index (χ2v) is 6.39. The second-order valence-electron chi connectivity index (χ2n) is 5.57. The molecule has 0 aliphatic rings. The van der Waals surface area contributed by atoms with Crippen molar-refractivity contribution in [3.05, 3.63) is 50.8 Å². The molecule has 0 aliphatic carbocycles. The molecule has 0 spiro atoms. The predicted molar refractivity (Wildman–Crippen MR) is 99.8 cm³/mol. The van der Waals surface area contributed by atoms with Crippen molar-refractivity contribution in [2.45, 2.75) is 37.0 Å². The first-order valence-electron chi connectivity index (χ1n) is 8.09. The molecule has 0 atom stereocenters. The van der Waals surface area contributed by atoms with Crippen molar-refractivity contribution in [1.29, 1.82) is 0 Å². The van der Waals surface area contributed by atoms with E-state index >= 15 is 0 Å². The quantitative estimate of drug-likeness (QED) is 0.393. The van der Waals surface area contributed by atoms with E-state index in [4.69, 9.17) is 0 Å². The van der Waals surface area contributed by atoms with Crippen LogP contribution in [0.4, 0.5) is 11.4 Å². The molecule has 2 N–H and O–H groups in total. The maximum absolute atomic E-state index is 11.8. The van der Waals surface area contributed by atoms with Crippen LogP contribution in [0.5, 0.6) is 0 Å². The molecular formula is C18H22N2O3S. The van der Waals surface area contributed by atoms with Gasteiger partial charge in [0.2, 0.25) is 11.3 Å². The summed E-state index contributed by atoms with van der Waals surface area (Å²) in [5.74, 6) is 0.0349. The Morgan fingerprint density at radius 3 is 2.42 bits per heavy atom. The summed E-state index contributed by atoms with van der Waals surface area (Å²) in [6.07, 6.45) is 6.00. The van der Waals surface area contributed by atoms with Crippen molar-refractivity contribution < 1.29 is 4.79 Å². The molecular weight excluding hydrogens is 324 g/mol. The van der Waals surface area contributed by atoms with Gasteiger partial charge in [-0.15, -0.1) is 11.8 Å². The molecule has 2 aromatic carbocycles. The summed E-state index contributed by atoms with van der Waals surface area (Å²) in [5.41, 5.74) is 0.505. The van der Waals surface area contributed by atoms with Gasteiger partial charge in [0.05, 0.1) is 4.90 Å². The van der Waals surface area contributed by atoms with Gasteiger partial charge in [0.1, 0.15) is 5.69 Å². The van der Waals surface area contributed by atoms with Crippen LogP contribution < -0.4 is 21.5 Å². The molecule has 0 radical (unpaired) electrons. The number of amides is 1. The highest BCUT2D eigenvalue weighted by Gasteiger charge is 2.18. The lowest BCUT2D eigenvalue weighted by molar-refractivity contribution is -0.116. The molecule has 0 aromatic heterocycles. The monoisotopic (exact) mass is 346 g/mol. The number of unbranched alkanes of at least 4 members (excludes halogenated alkanes) is 3. The van der Waals surface area contributed by atoms with Crippen LogP contribution in [0.25, 0.3) is 0 Å². The third-order valence-electron chi connectivity index (χ3n) is 3.76. The molecule has 2 rings (SSSR count). The summed E-state index contributed by atoms with van der Waals surface area (Å²) in [7, 11) is 0. The van der Waals surface area contributed by atoms with Crippen LogP contribution in [0.1, 0.15) is 32.1 Å². The number of rotatable bonds is 10. The van der Waals surface area contributed by atoms with E-state index in [2.05, 4.69) is 10.6 Å². The number of anilines is 2. The number of carbonyl (C=O) groups is 1. The van der Waals surface area contributed by atoms with Crippen molar-refractivity contribution in [3.63, 3.8) is 0 Å². The number of carbonyl (C=O) groups excluding carboxylic acids is 1. The fourth-order valence-electron chi connectivity index (χ4n) is 2.45. The van der Waals surface area contributed by atoms with E-state index < -0.39 is 5.43 Å². The third kappa shape index (κ3) is 4.96. The molecule has 6 heteroatoms. The Labute approximate surface area is 145 Å². The molecule has 0 aliphatic heterocycles. The van der Waals surface area contributed by atoms with Crippen LogP contribution in [0, 0.1) is 0 Å². The molecule has 0 fully saturated rings. The van der Waals surface area contributed by atoms with Crippen LogP contribution in [0.3, 0.4) is 0 Å². The lowest BCUT2D eigenvalue weighted by atomic mass is 10.1. The lowest BCUT2D eigenvalue weighted by Gasteiger charge is -2.11. The van der Waals surface area contributed by atoms with E-state index in [1.165, 1.54) is 11.8 Å². The van der Waals surface area contributed by atoms with Gasteiger partial charge in [-0.1, -0.05) is 31.0 Å². The van der Waals surface area contributed by atoms with E-state index in [0.717, 1.165) is 31.4 Å². The predicted octanol–water partition coefficient (Wildman–Crippen LogP) is 3.01. The highest BCUT2D eigenvalue weighted by molar-refractivity contribution is 7.98. The molecule has 5 nitrogen and oxygen atoms in total. The van der Waals surface area contributed by atoms with Gasteiger partial charge in [-0.05, 0) is 31.2 Å². The van der Waals surface area contributed by atoms with Crippen LogP contribution in [0.2, 0.25) is 0 Å². The number of hydrogen-bond donors (Lipinski definition) is 2. The standard InChI is InChI=1S/C18H22N2O3S/c1-24-18-15(16(22)17(18)23)19-12-8-3-2-7-11-14(21)20-13-9-5-4-6-10-13/h4-6,9-10,19H,2-3,7-8,11-12H2,1H3,(H,20,21). The van der Waals surface area contributed by atoms with E-state index in [1.807, 2.05) is 30.3 Å². The van der Waals surface area contributed by atoms with Gasteiger partial charge in [-0.3, -0.25) is 14.4 Å². The number of hydrogen-bond acceptors (Lipinski definition) is 5. The average molecular weight is 346 g/mol. The van der Waals surface area contributed by atoms with Crippen LogP contribution in [0.15, 0.2) is 44.8 Å². The number of nitrogens with one attached hydrogen (secondary N) is 2. The summed E-state index contributed by atoms with van der Waals surface area (Å²) in [5, 5.41) is 5.91. The average Bonchev–Trinajstić information content (AvgIpc) is 2.60. The van der Waals surface area contributed by atoms with Crippen molar-refractivity contribution in [2.24, 2.45) is 0 Å². The number of benzene rings is 1. The smallest absolute Gasteiger partial charge is 0.251 e. The Kier molecular flexibility index (Phi) is 7.06. The molecule has 0 heterocycles. The van der Waals surface area contributed by atoms with Crippen molar-refractivity contribution in [3.8, 4) is 0 Å². The largest absolute Gasteiger partial charge is 0.381 e. The molecule has 2 aromatic rings. The zero-order valence-electron chi connectivity index (χ0n) is 13.8. The molecule has 0 bridgehead atoms. The topological polar surface area (TPSA) is 75.3 Å². The van der Waals surface area contributed by atoms with E-state index in [9.17, 15) is 14.4 Å². The lowest BCUT2D eigenvalue weighted by Crippen LogP contribution is -2.36. The van der Waals surface area contributed by atoms with Crippen LogP contribution in [-0.4, -0.2) is 18.7 Å². The highest BCUT2D eigenvalue weighted by Crippen LogP contribution is 2.19. The van der Waals surface area contributed by atoms with Gasteiger partial charge >= 0.3 is 0 Å². The second kappa shape index (κ2) is 9.27. The summed E-state index contributed by atoms with van der Waals surface area (Å²) < 4.78 is 0. The normalized spacial score (nSPS) is 10.7. The maximum atomic E-state index is 11.8. The molecule has 0 saturated heterocycles. The first-order valence-corrected chi connectivity index (χ1v) is 9.32. The Hall–Kier alpha value is -2.08. The third-order valence-corrected chi connectivity index (χ3v) is 4.56. The first kappa shape index (κ1) is 18.3. The van der Waals surface area contributed by atoms with Crippen LogP contribution >= 0.6 is 11.8 Å². The SMILES string of the molecule is CSc1c(NCCCCCCC(=O)Nc2ccccc2)c(=O)c1=O. The summed E-state index contributed by atoms with van der Waals surface area (Å²) in [6.45, 7) is 0.675. The molecule has 1 amide bonds. The maximum Gasteiger partial charge on any atom is 0.251 e. The Bertz CT molecular complexity index is 736. The fourth-order valence-corrected chi connectivity index (χ4v) is 3.10. The van der Waals surface area contributed by atoms with Gasteiger partial charge < -0.3 is 10.6 Å². The summed E-state index contributed by atoms with van der Waals surface area (Å²) in [4.78, 5) is 35.0. The highest BCUT2D eigenvalue weighted by atomic mass is 32.2. The minimum absolute atomic E-state index is 0.0349. The number of para-hydroxylation sites is 1. The van der Waals surface area contributed by atoms with Gasteiger partial charge in [0.15, 0.2) is 0 Å². The van der Waals surface area contributed by atoms with Crippen LogP contribution in [-0.2, 0) is 4.79 Å². The van der Waals surface area contributed by atoms with E-state index in [-0.39, 0.29) is 11.3 Å². The van der Waals surface area contributed by atoms with Gasteiger partial charge in [-0.25, -0.2) is 0 Å². The minimum atomic E-state index is -0.406. The zero-order valence-corrected chi connectivity index (χ0v) is 14.6. The van der Waals surface area contributed by atoms with Gasteiger partial charge in [-0.2, -0.15) is 0 Å². The van der Waals surface area contributed by atoms with E-state index in [0.29, 0.717) is 23.5 Å². The fraction of sp³-hybridized carbons (Fsp3) is 0.389. The number of thioether (sulfide) groups is 1. The Morgan fingerprint density at radius 1 is 1.00 bits per heavy atom. The molecule has 0 saturated carbocycles. The minimum Gasteiger partial charge on any atom is -0.381 e. The molecule has 24 heavy (non-hydrogen) atoms. The zero-order chi connectivity index (χ0) is 17.4. The van der Waals surface area contributed by atoms with Gasteiger partial charge in [0.25, 0.3) is 5.43 Å². The van der Waals surface area contributed by atoms with E-state index in [1.54, 1.807) is 6.26 Å². The van der Waals surface area contributed by atoms with Crippen molar-refractivity contribution in [2.75, 3.05) is 23.4 Å². The Balaban J connectivity index is 1.54. The summed E-state index contributed by atoms with van der Waals surface area (Å²) >= 11 is 1.31. The van der Waals surface area contributed by atoms with Gasteiger partial charge in [0, 0.05) is 18.7 Å². The van der Waals surface area contributed by atoms with Crippen molar-refractivity contribution in [1.82, 2.24) is 0 Å². The van der Waals surface area contributed by atoms with Crippen molar-refractivity contribution >= 4 is 29.0 Å². The summed E-state index contributed by atoms with van der Waals surface area (Å²) in [6, 6.07) is 9.43.